The second-order valence-corrected chi connectivity index (χ2v) is 9.22. The van der Waals surface area contributed by atoms with E-state index in [1.807, 2.05) is 30.3 Å². The van der Waals surface area contributed by atoms with Crippen LogP contribution in [-0.4, -0.2) is 40.9 Å². The standard InChI is InChI=1S/C23H31NO4S2/c1-4-27-21(25)8-6-5-7-14-24-22(26)20(30-23(24)29)16-18-9-11-19(12-10-18)28-15-13-17(2)3/h9-12,16-17H,4-8,13-15H2,1-3H3/b20-16+. The molecule has 7 heteroatoms. The fraction of sp³-hybridized carbons (Fsp3) is 0.522. The number of nitrogens with zero attached hydrogens (tertiary/aromatic N) is 1. The van der Waals surface area contributed by atoms with E-state index < -0.39 is 0 Å². The lowest BCUT2D eigenvalue weighted by molar-refractivity contribution is -0.143. The summed E-state index contributed by atoms with van der Waals surface area (Å²) in [5.74, 6) is 1.24. The maximum absolute atomic E-state index is 12.7. The van der Waals surface area contributed by atoms with Gasteiger partial charge in [0.05, 0.1) is 18.1 Å². The van der Waals surface area contributed by atoms with E-state index in [9.17, 15) is 9.59 Å². The van der Waals surface area contributed by atoms with Gasteiger partial charge in [0, 0.05) is 13.0 Å². The van der Waals surface area contributed by atoms with Gasteiger partial charge in [-0.3, -0.25) is 14.5 Å². The minimum Gasteiger partial charge on any atom is -0.494 e. The number of benzene rings is 1. The molecule has 1 amide bonds. The lowest BCUT2D eigenvalue weighted by Crippen LogP contribution is -2.29. The fourth-order valence-electron chi connectivity index (χ4n) is 2.87. The summed E-state index contributed by atoms with van der Waals surface area (Å²) in [6.45, 7) is 7.84. The Morgan fingerprint density at radius 3 is 2.60 bits per heavy atom. The average Bonchev–Trinajstić information content (AvgIpc) is 2.96. The smallest absolute Gasteiger partial charge is 0.305 e. The molecule has 0 bridgehead atoms. The van der Waals surface area contributed by atoms with Crippen LogP contribution in [-0.2, 0) is 14.3 Å². The molecule has 0 aliphatic carbocycles. The SMILES string of the molecule is CCOC(=O)CCCCCN1C(=O)/C(=C\c2ccc(OCCC(C)C)cc2)SC1=S. The Kier molecular flexibility index (Phi) is 10.4. The van der Waals surface area contributed by atoms with Gasteiger partial charge in [-0.05, 0) is 55.9 Å². The molecular formula is C23H31NO4S2. The van der Waals surface area contributed by atoms with Crippen molar-refractivity contribution in [3.05, 3.63) is 34.7 Å². The van der Waals surface area contributed by atoms with E-state index in [1.165, 1.54) is 11.8 Å². The Morgan fingerprint density at radius 2 is 1.93 bits per heavy atom. The van der Waals surface area contributed by atoms with Gasteiger partial charge in [0.1, 0.15) is 10.1 Å². The zero-order valence-corrected chi connectivity index (χ0v) is 19.7. The number of ether oxygens (including phenoxy) is 2. The maximum atomic E-state index is 12.7. The number of thiocarbonyl (C=S) groups is 1. The molecule has 0 aromatic heterocycles. The Bertz CT molecular complexity index is 759. The number of amides is 1. The molecule has 164 valence electrons. The summed E-state index contributed by atoms with van der Waals surface area (Å²) in [6.07, 6.45) is 5.73. The highest BCUT2D eigenvalue weighted by Crippen LogP contribution is 2.33. The van der Waals surface area contributed by atoms with Gasteiger partial charge in [-0.2, -0.15) is 0 Å². The van der Waals surface area contributed by atoms with Crippen molar-refractivity contribution in [3.63, 3.8) is 0 Å². The Labute approximate surface area is 189 Å². The largest absolute Gasteiger partial charge is 0.494 e. The van der Waals surface area contributed by atoms with Crippen LogP contribution in [0.3, 0.4) is 0 Å². The first-order valence-electron chi connectivity index (χ1n) is 10.5. The lowest BCUT2D eigenvalue weighted by Gasteiger charge is -2.13. The third kappa shape index (κ3) is 8.11. The molecule has 1 aliphatic rings. The lowest BCUT2D eigenvalue weighted by atomic mass is 10.1. The minimum atomic E-state index is -0.164. The van der Waals surface area contributed by atoms with Crippen LogP contribution in [0.15, 0.2) is 29.2 Å². The molecule has 0 saturated carbocycles. The highest BCUT2D eigenvalue weighted by Gasteiger charge is 2.31. The first-order chi connectivity index (χ1) is 14.4. The molecule has 0 spiro atoms. The molecule has 1 aliphatic heterocycles. The maximum Gasteiger partial charge on any atom is 0.305 e. The first-order valence-corrected chi connectivity index (χ1v) is 11.8. The molecule has 1 saturated heterocycles. The third-order valence-corrected chi connectivity index (χ3v) is 5.96. The van der Waals surface area contributed by atoms with Crippen molar-refractivity contribution in [3.8, 4) is 5.75 Å². The number of thioether (sulfide) groups is 1. The number of carbonyl (C=O) groups is 2. The Morgan fingerprint density at radius 1 is 1.20 bits per heavy atom. The summed E-state index contributed by atoms with van der Waals surface area (Å²) in [5, 5.41) is 0. The fourth-order valence-corrected chi connectivity index (χ4v) is 4.17. The predicted octanol–water partition coefficient (Wildman–Crippen LogP) is 5.44. The van der Waals surface area contributed by atoms with Crippen LogP contribution >= 0.6 is 24.0 Å². The first kappa shape index (κ1) is 24.4. The van der Waals surface area contributed by atoms with Crippen molar-refractivity contribution < 1.29 is 19.1 Å². The summed E-state index contributed by atoms with van der Waals surface area (Å²) < 4.78 is 11.2. The van der Waals surface area contributed by atoms with E-state index >= 15 is 0 Å². The van der Waals surface area contributed by atoms with E-state index in [1.54, 1.807) is 11.8 Å². The molecule has 2 rings (SSSR count). The van der Waals surface area contributed by atoms with E-state index in [2.05, 4.69) is 13.8 Å². The zero-order chi connectivity index (χ0) is 21.9. The summed E-state index contributed by atoms with van der Waals surface area (Å²) >= 11 is 6.72. The zero-order valence-electron chi connectivity index (χ0n) is 18.0. The average molecular weight is 450 g/mol. The van der Waals surface area contributed by atoms with Crippen molar-refractivity contribution in [2.24, 2.45) is 5.92 Å². The number of unbranched alkanes of at least 4 members (excludes halogenated alkanes) is 2. The Balaban J connectivity index is 1.81. The van der Waals surface area contributed by atoms with E-state index in [4.69, 9.17) is 21.7 Å². The molecule has 0 radical (unpaired) electrons. The van der Waals surface area contributed by atoms with E-state index in [0.717, 1.165) is 37.0 Å². The number of rotatable bonds is 12. The van der Waals surface area contributed by atoms with Gasteiger partial charge in [0.25, 0.3) is 5.91 Å². The van der Waals surface area contributed by atoms with Crippen molar-refractivity contribution >= 4 is 46.3 Å². The Hall–Kier alpha value is -1.86. The highest BCUT2D eigenvalue weighted by molar-refractivity contribution is 8.26. The van der Waals surface area contributed by atoms with Gasteiger partial charge in [0.2, 0.25) is 0 Å². The van der Waals surface area contributed by atoms with Gasteiger partial charge in [-0.15, -0.1) is 0 Å². The molecule has 1 heterocycles. The normalized spacial score (nSPS) is 15.3. The molecule has 1 fully saturated rings. The van der Waals surface area contributed by atoms with Gasteiger partial charge < -0.3 is 9.47 Å². The quantitative estimate of drug-likeness (QED) is 0.183. The van der Waals surface area contributed by atoms with Crippen LogP contribution in [0.1, 0.15) is 58.4 Å². The summed E-state index contributed by atoms with van der Waals surface area (Å²) in [4.78, 5) is 26.3. The van der Waals surface area contributed by atoms with E-state index in [0.29, 0.717) is 41.3 Å². The van der Waals surface area contributed by atoms with Crippen molar-refractivity contribution in [2.45, 2.75) is 52.9 Å². The molecule has 0 N–H and O–H groups in total. The predicted molar refractivity (Wildman–Crippen MR) is 126 cm³/mol. The summed E-state index contributed by atoms with van der Waals surface area (Å²) in [7, 11) is 0. The molecule has 0 atom stereocenters. The number of carbonyl (C=O) groups excluding carboxylic acids is 2. The van der Waals surface area contributed by atoms with Gasteiger partial charge >= 0.3 is 5.97 Å². The second kappa shape index (κ2) is 12.7. The third-order valence-electron chi connectivity index (χ3n) is 4.58. The van der Waals surface area contributed by atoms with Gasteiger partial charge in [-0.1, -0.05) is 56.4 Å². The van der Waals surface area contributed by atoms with Crippen molar-refractivity contribution in [2.75, 3.05) is 19.8 Å². The molecule has 1 aromatic carbocycles. The molecule has 0 unspecified atom stereocenters. The highest BCUT2D eigenvalue weighted by atomic mass is 32.2. The summed E-state index contributed by atoms with van der Waals surface area (Å²) in [6, 6.07) is 7.76. The van der Waals surface area contributed by atoms with Crippen LogP contribution in [0, 0.1) is 5.92 Å². The van der Waals surface area contributed by atoms with Crippen molar-refractivity contribution in [1.82, 2.24) is 4.90 Å². The van der Waals surface area contributed by atoms with E-state index in [-0.39, 0.29) is 11.9 Å². The topological polar surface area (TPSA) is 55.8 Å². The summed E-state index contributed by atoms with van der Waals surface area (Å²) in [5.41, 5.74) is 0.946. The monoisotopic (exact) mass is 449 g/mol. The number of esters is 1. The molecule has 1 aromatic rings. The van der Waals surface area contributed by atoms with Crippen LogP contribution in [0.25, 0.3) is 6.08 Å². The van der Waals surface area contributed by atoms with Crippen LogP contribution in [0.5, 0.6) is 5.75 Å². The number of hydrogen-bond donors (Lipinski definition) is 0. The number of hydrogen-bond acceptors (Lipinski definition) is 6. The second-order valence-electron chi connectivity index (χ2n) is 7.55. The minimum absolute atomic E-state index is 0.0485. The molecule has 5 nitrogen and oxygen atoms in total. The van der Waals surface area contributed by atoms with Crippen LogP contribution < -0.4 is 4.74 Å². The van der Waals surface area contributed by atoms with Crippen LogP contribution in [0.4, 0.5) is 0 Å². The van der Waals surface area contributed by atoms with Gasteiger partial charge in [-0.25, -0.2) is 0 Å². The molecule has 30 heavy (non-hydrogen) atoms. The molecular weight excluding hydrogens is 418 g/mol. The van der Waals surface area contributed by atoms with Crippen LogP contribution in [0.2, 0.25) is 0 Å². The van der Waals surface area contributed by atoms with Crippen molar-refractivity contribution in [1.29, 1.82) is 0 Å². The van der Waals surface area contributed by atoms with Gasteiger partial charge in [0.15, 0.2) is 0 Å².